The van der Waals surface area contributed by atoms with Crippen molar-refractivity contribution in [1.82, 2.24) is 0 Å². The van der Waals surface area contributed by atoms with Crippen LogP contribution in [0, 0.1) is 6.92 Å². The van der Waals surface area contributed by atoms with Crippen molar-refractivity contribution in [2.24, 2.45) is 0 Å². The van der Waals surface area contributed by atoms with Crippen molar-refractivity contribution in [3.05, 3.63) is 35.4 Å². The molecule has 0 heterocycles. The van der Waals surface area contributed by atoms with E-state index >= 15 is 0 Å². The second kappa shape index (κ2) is 6.13. The zero-order valence-electron chi connectivity index (χ0n) is 6.81. The van der Waals surface area contributed by atoms with Gasteiger partial charge in [-0.25, -0.2) is 0 Å². The van der Waals surface area contributed by atoms with Gasteiger partial charge in [0, 0.05) is 23.9 Å². The molecule has 0 aliphatic heterocycles. The van der Waals surface area contributed by atoms with E-state index in [2.05, 4.69) is 53.8 Å². The molecule has 1 aromatic carbocycles. The van der Waals surface area contributed by atoms with Crippen molar-refractivity contribution in [3.63, 3.8) is 0 Å². The third kappa shape index (κ3) is 4.22. The molecule has 0 atom stereocenters. The average Bonchev–Trinajstić information content (AvgIpc) is 1.95. The van der Waals surface area contributed by atoms with E-state index in [1.807, 2.05) is 0 Å². The summed E-state index contributed by atoms with van der Waals surface area (Å²) in [7, 11) is 0. The van der Waals surface area contributed by atoms with Crippen LogP contribution >= 0.6 is 22.6 Å². The summed E-state index contributed by atoms with van der Waals surface area (Å²) in [6.45, 7) is 2.12. The first-order valence-electron chi connectivity index (χ1n) is 3.44. The van der Waals surface area contributed by atoms with Gasteiger partial charge in [-0.2, -0.15) is 0 Å². The van der Waals surface area contributed by atoms with Gasteiger partial charge in [-0.3, -0.25) is 0 Å². The van der Waals surface area contributed by atoms with Crippen molar-refractivity contribution < 1.29 is 19.5 Å². The van der Waals surface area contributed by atoms with Crippen LogP contribution in [0.15, 0.2) is 24.3 Å². The Balaban J connectivity index is 0.000001000. The number of rotatable bonds is 2. The molecule has 0 unspecified atom stereocenters. The fourth-order valence-electron chi connectivity index (χ4n) is 0.864. The molecular weight excluding hydrogens is 300 g/mol. The maximum absolute atomic E-state index is 2.40. The Morgan fingerprint density at radius 2 is 1.73 bits per heavy atom. The zero-order valence-corrected chi connectivity index (χ0v) is 11.9. The van der Waals surface area contributed by atoms with Gasteiger partial charge in [-0.1, -0.05) is 52.4 Å². The summed E-state index contributed by atoms with van der Waals surface area (Å²) in [6.07, 6.45) is 1.20. The molecule has 0 saturated heterocycles. The minimum Gasteiger partial charge on any atom is -0.0860 e. The van der Waals surface area contributed by atoms with Crippen molar-refractivity contribution in [2.75, 3.05) is 4.43 Å². The molecule has 0 aliphatic rings. The summed E-state index contributed by atoms with van der Waals surface area (Å²) >= 11 is 2.40. The Kier molecular flexibility index (Phi) is 6.45. The number of hydrogen-bond donors (Lipinski definition) is 0. The number of alkyl halides is 1. The van der Waals surface area contributed by atoms with Gasteiger partial charge in [-0.15, -0.1) is 0 Å². The second-order valence-corrected chi connectivity index (χ2v) is 3.50. The van der Waals surface area contributed by atoms with Crippen molar-refractivity contribution in [2.45, 2.75) is 13.3 Å². The third-order valence-electron chi connectivity index (χ3n) is 1.50. The van der Waals surface area contributed by atoms with Crippen LogP contribution in [0.1, 0.15) is 11.1 Å². The number of aryl methyl sites for hydroxylation is 2. The van der Waals surface area contributed by atoms with Gasteiger partial charge in [0.15, 0.2) is 0 Å². The molecule has 0 N–H and O–H groups in total. The summed E-state index contributed by atoms with van der Waals surface area (Å²) in [5.74, 6) is 0. The summed E-state index contributed by atoms with van der Waals surface area (Å²) < 4.78 is 1.21. The van der Waals surface area contributed by atoms with Gasteiger partial charge in [0.1, 0.15) is 0 Å². The second-order valence-electron chi connectivity index (χ2n) is 2.42. The number of halogens is 1. The molecule has 1 rings (SSSR count). The van der Waals surface area contributed by atoms with E-state index in [0.717, 1.165) is 0 Å². The van der Waals surface area contributed by atoms with E-state index in [-0.39, 0.29) is 19.5 Å². The predicted molar refractivity (Wildman–Crippen MR) is 53.8 cm³/mol. The number of hydrogen-bond acceptors (Lipinski definition) is 0. The first-order chi connectivity index (χ1) is 4.83. The van der Waals surface area contributed by atoms with Gasteiger partial charge in [-0.05, 0) is 18.9 Å². The molecule has 0 nitrogen and oxygen atoms in total. The molecule has 0 spiro atoms. The zero-order chi connectivity index (χ0) is 7.40. The largest absolute Gasteiger partial charge is 0.0860 e. The van der Waals surface area contributed by atoms with Crippen molar-refractivity contribution >= 4 is 22.6 Å². The molecule has 0 aliphatic carbocycles. The van der Waals surface area contributed by atoms with Crippen LogP contribution in [0.5, 0.6) is 0 Å². The maximum Gasteiger partial charge on any atom is 0.00358 e. The third-order valence-corrected chi connectivity index (χ3v) is 2.04. The summed E-state index contributed by atoms with van der Waals surface area (Å²) in [6, 6.07) is 8.74. The van der Waals surface area contributed by atoms with Gasteiger partial charge >= 0.3 is 0 Å². The Morgan fingerprint density at radius 1 is 1.18 bits per heavy atom. The SMILES string of the molecule is Cc1ccc(CCI)cc1.[Zn]. The molecule has 56 valence electrons. The van der Waals surface area contributed by atoms with Gasteiger partial charge in [0.05, 0.1) is 0 Å². The van der Waals surface area contributed by atoms with Crippen molar-refractivity contribution in [3.8, 4) is 0 Å². The van der Waals surface area contributed by atoms with Crippen LogP contribution in [0.2, 0.25) is 0 Å². The van der Waals surface area contributed by atoms with E-state index in [1.54, 1.807) is 0 Å². The summed E-state index contributed by atoms with van der Waals surface area (Å²) in [4.78, 5) is 0. The van der Waals surface area contributed by atoms with Crippen LogP contribution in [-0.2, 0) is 25.9 Å². The van der Waals surface area contributed by atoms with Gasteiger partial charge in [0.2, 0.25) is 0 Å². The molecule has 0 amide bonds. The summed E-state index contributed by atoms with van der Waals surface area (Å²) in [5.41, 5.74) is 2.79. The molecule has 1 aromatic rings. The number of benzene rings is 1. The molecule has 0 saturated carbocycles. The Labute approximate surface area is 94.7 Å². The first kappa shape index (κ1) is 11.6. The topological polar surface area (TPSA) is 0 Å². The molecule has 11 heavy (non-hydrogen) atoms. The maximum atomic E-state index is 2.40. The summed E-state index contributed by atoms with van der Waals surface area (Å²) in [5, 5.41) is 0. The quantitative estimate of drug-likeness (QED) is 0.447. The smallest absolute Gasteiger partial charge is 0.00358 e. The van der Waals surface area contributed by atoms with E-state index < -0.39 is 0 Å². The minimum atomic E-state index is 0. The molecule has 0 radical (unpaired) electrons. The van der Waals surface area contributed by atoms with E-state index in [0.29, 0.717) is 0 Å². The fraction of sp³-hybridized carbons (Fsp3) is 0.333. The van der Waals surface area contributed by atoms with Crippen LogP contribution < -0.4 is 0 Å². The molecule has 0 aromatic heterocycles. The van der Waals surface area contributed by atoms with E-state index in [1.165, 1.54) is 22.0 Å². The molecule has 2 heteroatoms. The molecular formula is C9H11IZn. The predicted octanol–water partition coefficient (Wildman–Crippen LogP) is 2.97. The van der Waals surface area contributed by atoms with Crippen LogP contribution in [0.25, 0.3) is 0 Å². The van der Waals surface area contributed by atoms with Crippen molar-refractivity contribution in [1.29, 1.82) is 0 Å². The molecule has 0 fully saturated rings. The van der Waals surface area contributed by atoms with E-state index in [4.69, 9.17) is 0 Å². The normalized spacial score (nSPS) is 8.91. The Bertz CT molecular complexity index is 193. The Morgan fingerprint density at radius 3 is 2.18 bits per heavy atom. The Hall–Kier alpha value is 0.573. The van der Waals surface area contributed by atoms with Crippen LogP contribution in [0.4, 0.5) is 0 Å². The first-order valence-corrected chi connectivity index (χ1v) is 4.97. The van der Waals surface area contributed by atoms with Gasteiger partial charge in [0.25, 0.3) is 0 Å². The average molecular weight is 311 g/mol. The van der Waals surface area contributed by atoms with Gasteiger partial charge < -0.3 is 0 Å². The van der Waals surface area contributed by atoms with Crippen LogP contribution in [0.3, 0.4) is 0 Å². The van der Waals surface area contributed by atoms with Crippen LogP contribution in [-0.4, -0.2) is 4.43 Å². The molecule has 0 bridgehead atoms. The minimum absolute atomic E-state index is 0. The monoisotopic (exact) mass is 310 g/mol. The fourth-order valence-corrected chi connectivity index (χ4v) is 1.49. The van der Waals surface area contributed by atoms with E-state index in [9.17, 15) is 0 Å². The standard InChI is InChI=1S/C9H11I.Zn/c1-8-2-4-9(5-3-8)6-7-10;/h2-5H,6-7H2,1H3;.